The first kappa shape index (κ1) is 8.67. The highest BCUT2D eigenvalue weighted by atomic mass is 16.5. The summed E-state index contributed by atoms with van der Waals surface area (Å²) in [6.45, 7) is 0. The van der Waals surface area contributed by atoms with Gasteiger partial charge in [0.2, 0.25) is 0 Å². The summed E-state index contributed by atoms with van der Waals surface area (Å²) in [5.41, 5.74) is 0. The summed E-state index contributed by atoms with van der Waals surface area (Å²) in [6, 6.07) is 0. The van der Waals surface area contributed by atoms with Gasteiger partial charge >= 0.3 is 0 Å². The Morgan fingerprint density at radius 3 is 2.54 bits per heavy atom. The lowest BCUT2D eigenvalue weighted by Gasteiger charge is -2.18. The maximum Gasteiger partial charge on any atom is 0.124 e. The summed E-state index contributed by atoms with van der Waals surface area (Å²) in [7, 11) is 0. The molecule has 0 aromatic carbocycles. The molecule has 1 aliphatic carbocycles. The highest BCUT2D eigenvalue weighted by Gasteiger charge is 2.18. The Labute approximate surface area is 79.7 Å². The van der Waals surface area contributed by atoms with E-state index in [0.717, 1.165) is 5.76 Å². The molecule has 0 amide bonds. The van der Waals surface area contributed by atoms with Crippen molar-refractivity contribution in [2.75, 3.05) is 0 Å². The van der Waals surface area contributed by atoms with E-state index in [0.29, 0.717) is 5.92 Å². The molecule has 0 N–H and O–H groups in total. The maximum absolute atomic E-state index is 5.46. The quantitative estimate of drug-likeness (QED) is 0.566. The highest BCUT2D eigenvalue weighted by molar-refractivity contribution is 5.04. The van der Waals surface area contributed by atoms with Gasteiger partial charge in [0.05, 0.1) is 12.4 Å². The topological polar surface area (TPSA) is 23.3 Å². The van der Waals surface area contributed by atoms with Gasteiger partial charge in [-0.15, -0.1) is 0 Å². The summed E-state index contributed by atoms with van der Waals surface area (Å²) in [5.74, 6) is 1.70. The van der Waals surface area contributed by atoms with Crippen molar-refractivity contribution >= 4 is 0 Å². The van der Waals surface area contributed by atoms with Crippen LogP contribution in [0.3, 0.4) is 0 Å². The van der Waals surface area contributed by atoms with Crippen LogP contribution in [-0.4, -0.2) is 0 Å². The minimum Gasteiger partial charge on any atom is -0.466 e. The predicted octanol–water partition coefficient (Wildman–Crippen LogP) is 2.90. The predicted molar refractivity (Wildman–Crippen MR) is 51.6 cm³/mol. The Morgan fingerprint density at radius 1 is 1.15 bits per heavy atom. The Kier molecular flexibility index (Phi) is 2.90. The van der Waals surface area contributed by atoms with Crippen LogP contribution in [0.2, 0.25) is 0 Å². The summed E-state index contributed by atoms with van der Waals surface area (Å²) in [6.07, 6.45) is 13.2. The van der Waals surface area contributed by atoms with Crippen LogP contribution in [0.25, 0.3) is 0 Å². The number of hydrogen-bond acceptors (Lipinski definition) is 1. The molecule has 2 heteroatoms. The van der Waals surface area contributed by atoms with Crippen molar-refractivity contribution in [3.63, 3.8) is 0 Å². The third kappa shape index (κ3) is 2.27. The molecule has 2 nitrogen and oxygen atoms in total. The second kappa shape index (κ2) is 4.35. The van der Waals surface area contributed by atoms with Crippen molar-refractivity contribution in [1.29, 1.82) is 0 Å². The molecule has 1 radical (unpaired) electrons. The number of rotatable bonds is 1. The molecule has 1 saturated carbocycles. The minimum absolute atomic E-state index is 0.621. The third-order valence-corrected chi connectivity index (χ3v) is 2.81. The molecule has 0 atom stereocenters. The van der Waals surface area contributed by atoms with Crippen LogP contribution in [-0.2, 0) is 4.74 Å². The first-order valence-corrected chi connectivity index (χ1v) is 5.18. The molecular formula is C11H16NO. The molecule has 0 unspecified atom stereocenters. The fourth-order valence-corrected chi connectivity index (χ4v) is 2.06. The molecule has 0 aromatic heterocycles. The van der Waals surface area contributed by atoms with Gasteiger partial charge in [-0.2, -0.15) is 0 Å². The normalized spacial score (nSPS) is 24.2. The molecule has 0 aromatic rings. The molecule has 1 fully saturated rings. The van der Waals surface area contributed by atoms with Crippen LogP contribution in [0.15, 0.2) is 24.4 Å². The van der Waals surface area contributed by atoms with E-state index >= 15 is 0 Å². The highest BCUT2D eigenvalue weighted by Crippen LogP contribution is 2.29. The van der Waals surface area contributed by atoms with Crippen LogP contribution in [0.4, 0.5) is 0 Å². The van der Waals surface area contributed by atoms with Gasteiger partial charge in [0, 0.05) is 5.92 Å². The van der Waals surface area contributed by atoms with Gasteiger partial charge in [-0.3, -0.25) is 5.32 Å². The van der Waals surface area contributed by atoms with Crippen LogP contribution < -0.4 is 5.32 Å². The lowest BCUT2D eigenvalue weighted by Crippen LogP contribution is -2.08. The first-order valence-electron chi connectivity index (χ1n) is 5.18. The number of allylic oxidation sites excluding steroid dienone is 1. The van der Waals surface area contributed by atoms with E-state index in [1.54, 1.807) is 12.5 Å². The fraction of sp³-hybridized carbons (Fsp3) is 0.636. The Morgan fingerprint density at radius 2 is 1.92 bits per heavy atom. The van der Waals surface area contributed by atoms with Gasteiger partial charge in [0.1, 0.15) is 12.0 Å². The van der Waals surface area contributed by atoms with Gasteiger partial charge in [0.25, 0.3) is 0 Å². The zero-order valence-corrected chi connectivity index (χ0v) is 7.91. The van der Waals surface area contributed by atoms with E-state index in [1.807, 2.05) is 6.20 Å². The number of hydrogen-bond donors (Lipinski definition) is 0. The summed E-state index contributed by atoms with van der Waals surface area (Å²) in [5, 5.41) is 4.10. The van der Waals surface area contributed by atoms with Crippen molar-refractivity contribution in [3.8, 4) is 0 Å². The Balaban J connectivity index is 1.93. The lowest BCUT2D eigenvalue weighted by molar-refractivity contribution is 0.263. The van der Waals surface area contributed by atoms with Crippen LogP contribution in [0.5, 0.6) is 0 Å². The molecule has 13 heavy (non-hydrogen) atoms. The molecular weight excluding hydrogens is 162 g/mol. The van der Waals surface area contributed by atoms with E-state index in [2.05, 4.69) is 5.32 Å². The second-order valence-corrected chi connectivity index (χ2v) is 3.77. The molecule has 1 heterocycles. The van der Waals surface area contributed by atoms with Crippen molar-refractivity contribution < 1.29 is 4.74 Å². The molecule has 0 bridgehead atoms. The van der Waals surface area contributed by atoms with E-state index in [4.69, 9.17) is 4.74 Å². The van der Waals surface area contributed by atoms with Gasteiger partial charge in [-0.25, -0.2) is 0 Å². The summed E-state index contributed by atoms with van der Waals surface area (Å²) >= 11 is 0. The summed E-state index contributed by atoms with van der Waals surface area (Å²) < 4.78 is 5.46. The monoisotopic (exact) mass is 178 g/mol. The van der Waals surface area contributed by atoms with Crippen LogP contribution in [0, 0.1) is 5.92 Å². The van der Waals surface area contributed by atoms with Crippen molar-refractivity contribution in [2.45, 2.75) is 38.5 Å². The zero-order valence-electron chi connectivity index (χ0n) is 7.91. The fourth-order valence-electron chi connectivity index (χ4n) is 2.06. The van der Waals surface area contributed by atoms with Gasteiger partial charge in [-0.1, -0.05) is 25.7 Å². The van der Waals surface area contributed by atoms with E-state index < -0.39 is 0 Å². The van der Waals surface area contributed by atoms with Gasteiger partial charge < -0.3 is 4.74 Å². The second-order valence-electron chi connectivity index (χ2n) is 3.77. The molecule has 2 rings (SSSR count). The molecule has 71 valence electrons. The largest absolute Gasteiger partial charge is 0.466 e. The lowest BCUT2D eigenvalue weighted by atomic mass is 9.98. The smallest absolute Gasteiger partial charge is 0.124 e. The van der Waals surface area contributed by atoms with Gasteiger partial charge in [0.15, 0.2) is 0 Å². The third-order valence-electron chi connectivity index (χ3n) is 2.81. The van der Waals surface area contributed by atoms with Gasteiger partial charge in [-0.05, 0) is 12.8 Å². The Hall–Kier alpha value is -0.920. The molecule has 2 aliphatic rings. The molecule has 0 saturated heterocycles. The summed E-state index contributed by atoms with van der Waals surface area (Å²) in [4.78, 5) is 0. The zero-order chi connectivity index (χ0) is 8.93. The molecule has 1 aliphatic heterocycles. The number of ether oxygens (including phenoxy) is 1. The Bertz CT molecular complexity index is 212. The SMILES string of the molecule is C1=COC(C2CCCCCC2)=C[N]1. The average Bonchev–Trinajstić information content (AvgIpc) is 2.47. The first-order chi connectivity index (χ1) is 6.47. The standard InChI is InChI=1S/C11H16NO/c1-2-4-6-10(5-3-1)11-9-12-7-8-13-11/h7-10H,1-6H2. The van der Waals surface area contributed by atoms with E-state index in [9.17, 15) is 0 Å². The van der Waals surface area contributed by atoms with E-state index in [1.165, 1.54) is 38.5 Å². The minimum atomic E-state index is 0.621. The van der Waals surface area contributed by atoms with E-state index in [-0.39, 0.29) is 0 Å². The van der Waals surface area contributed by atoms with Crippen LogP contribution in [0.1, 0.15) is 38.5 Å². The van der Waals surface area contributed by atoms with Crippen LogP contribution >= 0.6 is 0 Å². The van der Waals surface area contributed by atoms with Crippen molar-refractivity contribution in [3.05, 3.63) is 24.4 Å². The molecule has 0 spiro atoms. The van der Waals surface area contributed by atoms with Crippen molar-refractivity contribution in [1.82, 2.24) is 5.32 Å². The average molecular weight is 178 g/mol. The van der Waals surface area contributed by atoms with Crippen molar-refractivity contribution in [2.24, 2.45) is 5.92 Å². The number of nitrogens with zero attached hydrogens (tertiary/aromatic N) is 1. The maximum atomic E-state index is 5.46.